The average Bonchev–Trinajstić information content (AvgIpc) is 2.78. The molecule has 0 aliphatic heterocycles. The maximum Gasteiger partial charge on any atom is 0.338 e. The van der Waals surface area contributed by atoms with Gasteiger partial charge in [-0.05, 0) is 172 Å². The molecule has 0 amide bonds. The Kier molecular flexibility index (Phi) is 16.8. The topological polar surface area (TPSA) is 78.6 Å². The van der Waals surface area contributed by atoms with Crippen molar-refractivity contribution in [1.82, 2.24) is 0 Å². The standard InChI is InChI=1S/C13H16I2O2.C12H15I2NO2/c1-3-5-6-10-11(14)7-9(8-12(10)15)13(16)17-4-2;1-2-17-12(16)8-6-10(13)9(4-3-5-15)11(14)7-8/h7-8H,3-6H2,1-2H3;6-7H,2-5,15H2,1H3. The number of rotatable bonds is 10. The first-order valence-electron chi connectivity index (χ1n) is 11.2. The summed E-state index contributed by atoms with van der Waals surface area (Å²) in [6, 6.07) is 7.61. The van der Waals surface area contributed by atoms with Crippen LogP contribution in [0.15, 0.2) is 24.3 Å². The van der Waals surface area contributed by atoms with Crippen LogP contribution in [0.1, 0.15) is 71.9 Å². The summed E-state index contributed by atoms with van der Waals surface area (Å²) < 4.78 is 14.5. The molecule has 2 N–H and O–H groups in total. The van der Waals surface area contributed by atoms with Gasteiger partial charge >= 0.3 is 11.9 Å². The number of halogens is 4. The Balaban J connectivity index is 0.000000340. The summed E-state index contributed by atoms with van der Waals surface area (Å²) in [5, 5.41) is 0. The Morgan fingerprint density at radius 3 is 1.35 bits per heavy atom. The van der Waals surface area contributed by atoms with Crippen molar-refractivity contribution < 1.29 is 19.1 Å². The van der Waals surface area contributed by atoms with Gasteiger partial charge in [0.25, 0.3) is 0 Å². The van der Waals surface area contributed by atoms with E-state index < -0.39 is 0 Å². The van der Waals surface area contributed by atoms with Gasteiger partial charge in [0.2, 0.25) is 0 Å². The Morgan fingerprint density at radius 2 is 1.06 bits per heavy atom. The predicted octanol–water partition coefficient (Wildman–Crippen LogP) is 7.38. The molecule has 0 spiro atoms. The van der Waals surface area contributed by atoms with E-state index in [9.17, 15) is 9.59 Å². The summed E-state index contributed by atoms with van der Waals surface area (Å²) in [4.78, 5) is 23.3. The first-order valence-corrected chi connectivity index (χ1v) is 15.5. The van der Waals surface area contributed by atoms with Gasteiger partial charge in [-0.15, -0.1) is 0 Å². The molecule has 0 bridgehead atoms. The third-order valence-corrected chi connectivity index (χ3v) is 8.57. The summed E-state index contributed by atoms with van der Waals surface area (Å²) in [5.41, 5.74) is 9.41. The summed E-state index contributed by atoms with van der Waals surface area (Å²) in [6.07, 6.45) is 5.37. The molecule has 2 aromatic carbocycles. The second-order valence-electron chi connectivity index (χ2n) is 7.27. The molecule has 188 valence electrons. The molecule has 0 saturated heterocycles. The molecule has 0 heterocycles. The maximum absolute atomic E-state index is 11.6. The third kappa shape index (κ3) is 10.7. The van der Waals surface area contributed by atoms with Crippen molar-refractivity contribution in [3.8, 4) is 0 Å². The van der Waals surface area contributed by atoms with Crippen LogP contribution in [-0.4, -0.2) is 31.7 Å². The number of ether oxygens (including phenoxy) is 2. The zero-order valence-electron chi connectivity index (χ0n) is 19.7. The fraction of sp³-hybridized carbons (Fsp3) is 0.440. The van der Waals surface area contributed by atoms with E-state index in [2.05, 4.69) is 97.3 Å². The number of hydrogen-bond donors (Lipinski definition) is 1. The van der Waals surface area contributed by atoms with Gasteiger partial charge in [-0.2, -0.15) is 0 Å². The molecule has 0 unspecified atom stereocenters. The highest BCUT2D eigenvalue weighted by Gasteiger charge is 2.14. The van der Waals surface area contributed by atoms with Crippen LogP contribution in [0.2, 0.25) is 0 Å². The number of nitrogens with two attached hydrogens (primary N) is 1. The van der Waals surface area contributed by atoms with E-state index in [1.54, 1.807) is 0 Å². The molecule has 0 atom stereocenters. The van der Waals surface area contributed by atoms with Crippen LogP contribution in [0.3, 0.4) is 0 Å². The first-order chi connectivity index (χ1) is 16.2. The van der Waals surface area contributed by atoms with E-state index in [1.807, 2.05) is 38.1 Å². The van der Waals surface area contributed by atoms with Crippen molar-refractivity contribution in [2.24, 2.45) is 5.73 Å². The van der Waals surface area contributed by atoms with Gasteiger partial charge in [-0.3, -0.25) is 0 Å². The minimum Gasteiger partial charge on any atom is -0.462 e. The lowest BCUT2D eigenvalue weighted by Crippen LogP contribution is -2.08. The minimum atomic E-state index is -0.256. The molecule has 0 saturated carbocycles. The van der Waals surface area contributed by atoms with Crippen LogP contribution in [0.4, 0.5) is 0 Å². The van der Waals surface area contributed by atoms with Gasteiger partial charge in [0.15, 0.2) is 0 Å². The summed E-state index contributed by atoms with van der Waals surface area (Å²) in [6.45, 7) is 7.33. The van der Waals surface area contributed by atoms with Crippen LogP contribution >= 0.6 is 90.4 Å². The van der Waals surface area contributed by atoms with Crippen LogP contribution < -0.4 is 5.73 Å². The second kappa shape index (κ2) is 17.7. The fourth-order valence-electron chi connectivity index (χ4n) is 2.98. The van der Waals surface area contributed by atoms with Gasteiger partial charge in [-0.1, -0.05) is 13.3 Å². The SMILES string of the molecule is CCCCc1c(I)cc(C(=O)OCC)cc1I.CCOC(=O)c1cc(I)c(CCCN)c(I)c1. The lowest BCUT2D eigenvalue weighted by atomic mass is 10.1. The molecule has 0 aliphatic rings. The Hall–Kier alpha value is 0.260. The largest absolute Gasteiger partial charge is 0.462 e. The molecule has 0 aliphatic carbocycles. The van der Waals surface area contributed by atoms with E-state index in [4.69, 9.17) is 15.2 Å². The van der Waals surface area contributed by atoms with Crippen LogP contribution in [0.5, 0.6) is 0 Å². The Morgan fingerprint density at radius 1 is 0.706 bits per heavy atom. The van der Waals surface area contributed by atoms with Crippen molar-refractivity contribution >= 4 is 102 Å². The molecule has 9 heteroatoms. The van der Waals surface area contributed by atoms with Crippen molar-refractivity contribution in [2.75, 3.05) is 19.8 Å². The highest BCUT2D eigenvalue weighted by atomic mass is 127. The van der Waals surface area contributed by atoms with E-state index in [-0.39, 0.29) is 11.9 Å². The quantitative estimate of drug-likeness (QED) is 0.199. The molecule has 0 aromatic heterocycles. The molecular weight excluding hydrogens is 886 g/mol. The Bertz CT molecular complexity index is 842. The number of carbonyl (C=O) groups is 2. The highest BCUT2D eigenvalue weighted by molar-refractivity contribution is 14.1. The predicted molar refractivity (Wildman–Crippen MR) is 172 cm³/mol. The maximum atomic E-state index is 11.6. The summed E-state index contributed by atoms with van der Waals surface area (Å²) in [7, 11) is 0. The van der Waals surface area contributed by atoms with Gasteiger partial charge < -0.3 is 15.2 Å². The van der Waals surface area contributed by atoms with E-state index in [0.29, 0.717) is 30.9 Å². The van der Waals surface area contributed by atoms with Crippen molar-refractivity contribution in [3.63, 3.8) is 0 Å². The van der Waals surface area contributed by atoms with Gasteiger partial charge in [-0.25, -0.2) is 9.59 Å². The number of unbranched alkanes of at least 4 members (excludes halogenated alkanes) is 1. The van der Waals surface area contributed by atoms with E-state index in [1.165, 1.54) is 24.0 Å². The van der Waals surface area contributed by atoms with Crippen molar-refractivity contribution in [1.29, 1.82) is 0 Å². The molecule has 5 nitrogen and oxygen atoms in total. The number of benzene rings is 2. The fourth-order valence-corrected chi connectivity index (χ4v) is 7.60. The molecule has 2 rings (SSSR count). The van der Waals surface area contributed by atoms with Crippen LogP contribution in [-0.2, 0) is 22.3 Å². The third-order valence-electron chi connectivity index (χ3n) is 4.72. The lowest BCUT2D eigenvalue weighted by molar-refractivity contribution is 0.0516. The number of carbonyl (C=O) groups excluding carboxylic acids is 2. The molecule has 0 radical (unpaired) electrons. The average molecular weight is 917 g/mol. The first kappa shape index (κ1) is 32.3. The molecule has 34 heavy (non-hydrogen) atoms. The van der Waals surface area contributed by atoms with Crippen LogP contribution in [0.25, 0.3) is 0 Å². The number of esters is 2. The summed E-state index contributed by atoms with van der Waals surface area (Å²) in [5.74, 6) is -0.487. The molecular formula is C25H31I4NO4. The van der Waals surface area contributed by atoms with Gasteiger partial charge in [0, 0.05) is 14.3 Å². The Labute approximate surface area is 257 Å². The van der Waals surface area contributed by atoms with Gasteiger partial charge in [0.05, 0.1) is 24.3 Å². The smallest absolute Gasteiger partial charge is 0.338 e. The van der Waals surface area contributed by atoms with Crippen molar-refractivity contribution in [2.45, 2.75) is 52.9 Å². The lowest BCUT2D eigenvalue weighted by Gasteiger charge is -2.09. The zero-order chi connectivity index (χ0) is 25.7. The zero-order valence-corrected chi connectivity index (χ0v) is 28.3. The van der Waals surface area contributed by atoms with Crippen molar-refractivity contribution in [3.05, 3.63) is 60.8 Å². The molecule has 2 aromatic rings. The molecule has 0 fully saturated rings. The second-order valence-corrected chi connectivity index (χ2v) is 11.9. The summed E-state index contributed by atoms with van der Waals surface area (Å²) >= 11 is 9.12. The number of hydrogen-bond acceptors (Lipinski definition) is 5. The van der Waals surface area contributed by atoms with E-state index in [0.717, 1.165) is 33.5 Å². The van der Waals surface area contributed by atoms with Crippen LogP contribution in [0, 0.1) is 14.3 Å². The minimum absolute atomic E-state index is 0.231. The normalized spacial score (nSPS) is 10.4. The monoisotopic (exact) mass is 917 g/mol. The highest BCUT2D eigenvalue weighted by Crippen LogP contribution is 2.24. The van der Waals surface area contributed by atoms with Gasteiger partial charge in [0.1, 0.15) is 0 Å². The van der Waals surface area contributed by atoms with E-state index >= 15 is 0 Å².